The van der Waals surface area contributed by atoms with Crippen molar-refractivity contribution >= 4 is 35.0 Å². The molecule has 1 aromatic heterocycles. The minimum Gasteiger partial charge on any atom is -0.339 e. The van der Waals surface area contributed by atoms with Gasteiger partial charge < -0.3 is 15.1 Å². The molecule has 1 N–H and O–H groups in total. The molecule has 1 saturated heterocycles. The first kappa shape index (κ1) is 16.5. The van der Waals surface area contributed by atoms with E-state index in [2.05, 4.69) is 20.2 Å². The molecule has 24 heavy (non-hydrogen) atoms. The molecule has 1 aliphatic rings. The number of nitrogens with zero attached hydrogens (tertiary/aromatic N) is 4. The third-order valence-corrected chi connectivity index (χ3v) is 4.32. The van der Waals surface area contributed by atoms with Gasteiger partial charge in [-0.1, -0.05) is 23.7 Å². The van der Waals surface area contributed by atoms with Gasteiger partial charge in [-0.25, -0.2) is 4.98 Å². The maximum Gasteiger partial charge on any atom is 0.227 e. The van der Waals surface area contributed by atoms with E-state index in [-0.39, 0.29) is 5.91 Å². The third-order valence-electron chi connectivity index (χ3n) is 3.99. The zero-order valence-corrected chi connectivity index (χ0v) is 14.5. The Morgan fingerprint density at radius 3 is 2.54 bits per heavy atom. The molecular weight excluding hydrogens is 326 g/mol. The Morgan fingerprint density at radius 1 is 1.17 bits per heavy atom. The number of nitrogens with one attached hydrogen (secondary N) is 1. The zero-order chi connectivity index (χ0) is 17.1. The highest BCUT2D eigenvalue weighted by Crippen LogP contribution is 2.25. The molecule has 7 heteroatoms. The number of carbonyl (C=O) groups is 1. The van der Waals surface area contributed by atoms with Crippen molar-refractivity contribution in [3.8, 4) is 0 Å². The van der Waals surface area contributed by atoms with E-state index in [1.54, 1.807) is 6.92 Å². The van der Waals surface area contributed by atoms with Crippen LogP contribution in [0.3, 0.4) is 0 Å². The fraction of sp³-hybridized carbons (Fsp3) is 0.353. The van der Waals surface area contributed by atoms with Crippen LogP contribution in [-0.4, -0.2) is 47.0 Å². The van der Waals surface area contributed by atoms with Crippen molar-refractivity contribution < 1.29 is 4.79 Å². The summed E-state index contributed by atoms with van der Waals surface area (Å²) in [5.41, 5.74) is 1.69. The van der Waals surface area contributed by atoms with Crippen LogP contribution in [0.15, 0.2) is 30.3 Å². The van der Waals surface area contributed by atoms with Gasteiger partial charge in [0.1, 0.15) is 5.82 Å². The first-order valence-electron chi connectivity index (χ1n) is 7.90. The van der Waals surface area contributed by atoms with Gasteiger partial charge in [0.2, 0.25) is 11.9 Å². The van der Waals surface area contributed by atoms with Gasteiger partial charge in [0.15, 0.2) is 0 Å². The number of aryl methyl sites for hydroxylation is 1. The number of piperazine rings is 1. The van der Waals surface area contributed by atoms with Gasteiger partial charge in [-0.15, -0.1) is 0 Å². The highest BCUT2D eigenvalue weighted by atomic mass is 35.5. The van der Waals surface area contributed by atoms with Crippen molar-refractivity contribution in [1.82, 2.24) is 14.9 Å². The number of hydrogen-bond donors (Lipinski definition) is 1. The second kappa shape index (κ2) is 7.05. The van der Waals surface area contributed by atoms with Crippen LogP contribution < -0.4 is 10.2 Å². The van der Waals surface area contributed by atoms with E-state index in [0.717, 1.165) is 24.5 Å². The number of amides is 1. The van der Waals surface area contributed by atoms with E-state index in [1.807, 2.05) is 42.2 Å². The van der Waals surface area contributed by atoms with E-state index in [4.69, 9.17) is 11.6 Å². The Balaban J connectivity index is 1.77. The van der Waals surface area contributed by atoms with Crippen LogP contribution in [0.25, 0.3) is 0 Å². The predicted molar refractivity (Wildman–Crippen MR) is 96.0 cm³/mol. The highest BCUT2D eigenvalue weighted by molar-refractivity contribution is 6.33. The van der Waals surface area contributed by atoms with Gasteiger partial charge in [0.25, 0.3) is 0 Å². The molecule has 6 nitrogen and oxygen atoms in total. The number of rotatable bonds is 3. The molecule has 0 unspecified atom stereocenters. The fourth-order valence-electron chi connectivity index (χ4n) is 2.68. The molecule has 0 aliphatic carbocycles. The van der Waals surface area contributed by atoms with Crippen LogP contribution in [0, 0.1) is 6.92 Å². The Bertz CT molecular complexity index is 744. The quantitative estimate of drug-likeness (QED) is 0.926. The second-order valence-electron chi connectivity index (χ2n) is 5.79. The molecular formula is C17H20ClN5O. The summed E-state index contributed by atoms with van der Waals surface area (Å²) >= 11 is 6.19. The van der Waals surface area contributed by atoms with Crippen LogP contribution in [0.1, 0.15) is 12.6 Å². The van der Waals surface area contributed by atoms with Gasteiger partial charge in [-0.05, 0) is 19.1 Å². The SMILES string of the molecule is CC(=O)N1CCN(c2nc(C)cc(Nc3ccccc3Cl)n2)CC1. The van der Waals surface area contributed by atoms with Crippen LogP contribution in [0.5, 0.6) is 0 Å². The van der Waals surface area contributed by atoms with Gasteiger partial charge in [0, 0.05) is 44.9 Å². The third kappa shape index (κ3) is 3.76. The summed E-state index contributed by atoms with van der Waals surface area (Å²) in [6, 6.07) is 9.44. The summed E-state index contributed by atoms with van der Waals surface area (Å²) in [7, 11) is 0. The number of hydrogen-bond acceptors (Lipinski definition) is 5. The average Bonchev–Trinajstić information content (AvgIpc) is 2.56. The van der Waals surface area contributed by atoms with E-state index in [9.17, 15) is 4.79 Å². The molecule has 1 aliphatic heterocycles. The molecule has 2 heterocycles. The Labute approximate surface area is 146 Å². The summed E-state index contributed by atoms with van der Waals surface area (Å²) in [6.07, 6.45) is 0. The highest BCUT2D eigenvalue weighted by Gasteiger charge is 2.21. The summed E-state index contributed by atoms with van der Waals surface area (Å²) in [4.78, 5) is 24.5. The van der Waals surface area contributed by atoms with Crippen LogP contribution in [-0.2, 0) is 4.79 Å². The number of aromatic nitrogens is 2. The molecule has 1 aromatic carbocycles. The monoisotopic (exact) mass is 345 g/mol. The van der Waals surface area contributed by atoms with Gasteiger partial charge >= 0.3 is 0 Å². The van der Waals surface area contributed by atoms with Gasteiger partial charge in [-0.2, -0.15) is 4.98 Å². The molecule has 3 rings (SSSR count). The normalized spacial score (nSPS) is 14.6. The molecule has 0 radical (unpaired) electrons. The standard InChI is InChI=1S/C17H20ClN5O/c1-12-11-16(20-15-6-4-3-5-14(15)18)21-17(19-12)23-9-7-22(8-10-23)13(2)24/h3-6,11H,7-10H2,1-2H3,(H,19,20,21). The molecule has 1 amide bonds. The Hall–Kier alpha value is -2.34. The molecule has 0 atom stereocenters. The average molecular weight is 346 g/mol. The lowest BCUT2D eigenvalue weighted by molar-refractivity contribution is -0.129. The number of benzene rings is 1. The zero-order valence-electron chi connectivity index (χ0n) is 13.8. The van der Waals surface area contributed by atoms with Crippen molar-refractivity contribution in [3.63, 3.8) is 0 Å². The van der Waals surface area contributed by atoms with Crippen LogP contribution >= 0.6 is 11.6 Å². The number of anilines is 3. The maximum atomic E-state index is 11.4. The molecule has 1 fully saturated rings. The topological polar surface area (TPSA) is 61.4 Å². The minimum absolute atomic E-state index is 0.112. The first-order chi connectivity index (χ1) is 11.5. The largest absolute Gasteiger partial charge is 0.339 e. The molecule has 0 spiro atoms. The Morgan fingerprint density at radius 2 is 1.88 bits per heavy atom. The van der Waals surface area contributed by atoms with Gasteiger partial charge in [0.05, 0.1) is 10.7 Å². The predicted octanol–water partition coefficient (Wildman–Crippen LogP) is 2.85. The molecule has 2 aromatic rings. The van der Waals surface area contributed by atoms with Crippen molar-refractivity contribution in [3.05, 3.63) is 41.0 Å². The minimum atomic E-state index is 0.112. The van der Waals surface area contributed by atoms with Crippen molar-refractivity contribution in [2.75, 3.05) is 36.4 Å². The number of halogens is 1. The van der Waals surface area contributed by atoms with Crippen molar-refractivity contribution in [1.29, 1.82) is 0 Å². The summed E-state index contributed by atoms with van der Waals surface area (Å²) in [5, 5.41) is 3.89. The fourth-order valence-corrected chi connectivity index (χ4v) is 2.86. The molecule has 0 saturated carbocycles. The van der Waals surface area contributed by atoms with Gasteiger partial charge in [-0.3, -0.25) is 4.79 Å². The number of para-hydroxylation sites is 1. The van der Waals surface area contributed by atoms with Crippen molar-refractivity contribution in [2.24, 2.45) is 0 Å². The smallest absolute Gasteiger partial charge is 0.227 e. The van der Waals surface area contributed by atoms with Crippen molar-refractivity contribution in [2.45, 2.75) is 13.8 Å². The lowest BCUT2D eigenvalue weighted by Crippen LogP contribution is -2.48. The van der Waals surface area contributed by atoms with Crippen LogP contribution in [0.2, 0.25) is 5.02 Å². The molecule has 126 valence electrons. The molecule has 0 bridgehead atoms. The maximum absolute atomic E-state index is 11.4. The Kier molecular flexibility index (Phi) is 4.85. The lowest BCUT2D eigenvalue weighted by atomic mass is 10.3. The summed E-state index contributed by atoms with van der Waals surface area (Å²) < 4.78 is 0. The summed E-state index contributed by atoms with van der Waals surface area (Å²) in [5.74, 6) is 1.49. The van der Waals surface area contributed by atoms with E-state index >= 15 is 0 Å². The van der Waals surface area contributed by atoms with E-state index in [0.29, 0.717) is 29.9 Å². The second-order valence-corrected chi connectivity index (χ2v) is 6.20. The van der Waals surface area contributed by atoms with E-state index < -0.39 is 0 Å². The lowest BCUT2D eigenvalue weighted by Gasteiger charge is -2.34. The first-order valence-corrected chi connectivity index (χ1v) is 8.28. The number of carbonyl (C=O) groups excluding carboxylic acids is 1. The van der Waals surface area contributed by atoms with Crippen LogP contribution in [0.4, 0.5) is 17.5 Å². The summed E-state index contributed by atoms with van der Waals surface area (Å²) in [6.45, 7) is 6.39. The van der Waals surface area contributed by atoms with E-state index in [1.165, 1.54) is 0 Å².